The van der Waals surface area contributed by atoms with Gasteiger partial charge >= 0.3 is 18.4 Å². The van der Waals surface area contributed by atoms with Crippen LogP contribution in [0.3, 0.4) is 0 Å². The molecule has 0 aromatic heterocycles. The normalized spacial score (nSPS) is 19.1. The number of benzene rings is 2. The molecule has 2 atom stereocenters. The highest BCUT2D eigenvalue weighted by molar-refractivity contribution is 6.30. The third-order valence-corrected chi connectivity index (χ3v) is 5.78. The molecule has 1 aliphatic rings. The van der Waals surface area contributed by atoms with Gasteiger partial charge in [0.2, 0.25) is 0 Å². The molecule has 0 unspecified atom stereocenters. The van der Waals surface area contributed by atoms with E-state index in [0.717, 1.165) is 0 Å². The summed E-state index contributed by atoms with van der Waals surface area (Å²) in [5.41, 5.74) is -3.19. The minimum Gasteiger partial charge on any atom is -0.465 e. The van der Waals surface area contributed by atoms with E-state index in [2.05, 4.69) is 5.32 Å². The lowest BCUT2D eigenvalue weighted by Crippen LogP contribution is -2.52. The van der Waals surface area contributed by atoms with Crippen molar-refractivity contribution in [3.63, 3.8) is 0 Å². The van der Waals surface area contributed by atoms with Gasteiger partial charge in [0, 0.05) is 29.2 Å². The molecule has 0 aliphatic carbocycles. The Bertz CT molecular complexity index is 1020. The van der Waals surface area contributed by atoms with Crippen LogP contribution in [0.5, 0.6) is 0 Å². The number of alkyl halides is 6. The Morgan fingerprint density at radius 3 is 2.06 bits per heavy atom. The first kappa shape index (κ1) is 25.7. The predicted molar refractivity (Wildman–Crippen MR) is 111 cm³/mol. The van der Waals surface area contributed by atoms with Gasteiger partial charge in [-0.3, -0.25) is 4.79 Å². The van der Waals surface area contributed by atoms with Crippen LogP contribution in [0, 0.1) is 0 Å². The average Bonchev–Trinajstić information content (AvgIpc) is 2.73. The molecular weight excluding hydrogens is 490 g/mol. The maximum atomic E-state index is 13.2. The fraction of sp³-hybridized carbons (Fsp3) is 0.364. The second-order valence-electron chi connectivity index (χ2n) is 7.95. The minimum atomic E-state index is -5.09. The van der Waals surface area contributed by atoms with E-state index in [9.17, 15) is 35.9 Å². The molecule has 1 fully saturated rings. The molecule has 12 heteroatoms. The molecule has 1 saturated heterocycles. The monoisotopic (exact) mass is 508 g/mol. The SMILES string of the molecule is O=C(O)N[C@H]1CCN(C(=O)c2cc(C(F)(F)F)cc(C(F)(F)F)c2)[C@H](Cc2ccc(Cl)cc2)C1. The Morgan fingerprint density at radius 1 is 1.00 bits per heavy atom. The molecule has 0 spiro atoms. The number of carbonyl (C=O) groups excluding carboxylic acids is 1. The molecule has 2 N–H and O–H groups in total. The molecular formula is C22H19ClF6N2O3. The highest BCUT2D eigenvalue weighted by Crippen LogP contribution is 2.37. The van der Waals surface area contributed by atoms with E-state index in [1.54, 1.807) is 24.3 Å². The van der Waals surface area contributed by atoms with E-state index in [1.807, 2.05) is 0 Å². The molecule has 184 valence electrons. The Kier molecular flexibility index (Phi) is 7.35. The van der Waals surface area contributed by atoms with Crippen molar-refractivity contribution in [1.82, 2.24) is 10.2 Å². The molecule has 5 nitrogen and oxygen atoms in total. The van der Waals surface area contributed by atoms with Crippen molar-refractivity contribution in [1.29, 1.82) is 0 Å². The third kappa shape index (κ3) is 6.34. The van der Waals surface area contributed by atoms with Crippen molar-refractivity contribution in [2.24, 2.45) is 0 Å². The summed E-state index contributed by atoms with van der Waals surface area (Å²) >= 11 is 5.87. The fourth-order valence-corrected chi connectivity index (χ4v) is 4.08. The van der Waals surface area contributed by atoms with Gasteiger partial charge in [0.25, 0.3) is 5.91 Å². The first-order chi connectivity index (χ1) is 15.7. The lowest BCUT2D eigenvalue weighted by molar-refractivity contribution is -0.143. The topological polar surface area (TPSA) is 69.6 Å². The summed E-state index contributed by atoms with van der Waals surface area (Å²) in [6.07, 6.45) is -11.0. The van der Waals surface area contributed by atoms with Crippen molar-refractivity contribution in [3.05, 3.63) is 69.7 Å². The van der Waals surface area contributed by atoms with Crippen molar-refractivity contribution >= 4 is 23.6 Å². The van der Waals surface area contributed by atoms with Gasteiger partial charge in [-0.25, -0.2) is 4.79 Å². The van der Waals surface area contributed by atoms with Crippen LogP contribution in [-0.2, 0) is 18.8 Å². The zero-order chi connectivity index (χ0) is 25.3. The predicted octanol–water partition coefficient (Wildman–Crippen LogP) is 5.86. The maximum absolute atomic E-state index is 13.2. The molecule has 2 aromatic carbocycles. The summed E-state index contributed by atoms with van der Waals surface area (Å²) in [6, 6.07) is 6.09. The summed E-state index contributed by atoms with van der Waals surface area (Å²) < 4.78 is 79.5. The van der Waals surface area contributed by atoms with E-state index in [-0.39, 0.29) is 31.9 Å². The smallest absolute Gasteiger partial charge is 0.416 e. The second-order valence-corrected chi connectivity index (χ2v) is 8.38. The van der Waals surface area contributed by atoms with Crippen LogP contribution >= 0.6 is 11.6 Å². The average molecular weight is 509 g/mol. The van der Waals surface area contributed by atoms with Crippen molar-refractivity contribution in [2.45, 2.75) is 43.7 Å². The number of halogens is 7. The largest absolute Gasteiger partial charge is 0.465 e. The number of carbonyl (C=O) groups is 2. The van der Waals surface area contributed by atoms with Gasteiger partial charge in [0.05, 0.1) is 11.1 Å². The van der Waals surface area contributed by atoms with Crippen LogP contribution in [0.2, 0.25) is 5.02 Å². The lowest BCUT2D eigenvalue weighted by atomic mass is 9.91. The number of amides is 2. The molecule has 0 bridgehead atoms. The summed E-state index contributed by atoms with van der Waals surface area (Å²) in [7, 11) is 0. The Balaban J connectivity index is 1.96. The number of nitrogens with one attached hydrogen (secondary N) is 1. The number of hydrogen-bond donors (Lipinski definition) is 2. The fourth-order valence-electron chi connectivity index (χ4n) is 3.95. The van der Waals surface area contributed by atoms with Gasteiger partial charge in [-0.2, -0.15) is 26.3 Å². The quantitative estimate of drug-likeness (QED) is 0.508. The highest BCUT2D eigenvalue weighted by atomic mass is 35.5. The Labute approximate surface area is 195 Å². The molecule has 0 saturated carbocycles. The van der Waals surface area contributed by atoms with Crippen LogP contribution in [0.15, 0.2) is 42.5 Å². The van der Waals surface area contributed by atoms with Gasteiger partial charge < -0.3 is 15.3 Å². The molecule has 3 rings (SSSR count). The van der Waals surface area contributed by atoms with Crippen LogP contribution < -0.4 is 5.32 Å². The van der Waals surface area contributed by atoms with E-state index in [4.69, 9.17) is 16.7 Å². The maximum Gasteiger partial charge on any atom is 0.416 e. The van der Waals surface area contributed by atoms with Crippen molar-refractivity contribution < 1.29 is 41.0 Å². The highest BCUT2D eigenvalue weighted by Gasteiger charge is 2.39. The molecule has 1 aliphatic heterocycles. The van der Waals surface area contributed by atoms with E-state index in [1.165, 1.54) is 4.90 Å². The number of carboxylic acid groups (broad SMARTS) is 1. The summed E-state index contributed by atoms with van der Waals surface area (Å²) in [6.45, 7) is -0.0559. The van der Waals surface area contributed by atoms with Crippen molar-refractivity contribution in [2.75, 3.05) is 6.54 Å². The van der Waals surface area contributed by atoms with Crippen LogP contribution in [-0.4, -0.2) is 40.6 Å². The minimum absolute atomic E-state index is 0.0367. The van der Waals surface area contributed by atoms with Gasteiger partial charge in [0.15, 0.2) is 0 Å². The number of piperidine rings is 1. The van der Waals surface area contributed by atoms with E-state index >= 15 is 0 Å². The second kappa shape index (κ2) is 9.73. The van der Waals surface area contributed by atoms with Gasteiger partial charge in [-0.05, 0) is 55.2 Å². The Hall–Kier alpha value is -2.95. The van der Waals surface area contributed by atoms with Crippen LogP contribution in [0.4, 0.5) is 31.1 Å². The van der Waals surface area contributed by atoms with E-state index in [0.29, 0.717) is 22.7 Å². The summed E-state index contributed by atoms with van der Waals surface area (Å²) in [4.78, 5) is 25.4. The Morgan fingerprint density at radius 2 is 1.56 bits per heavy atom. The zero-order valence-corrected chi connectivity index (χ0v) is 18.1. The van der Waals surface area contributed by atoms with Gasteiger partial charge in [-0.1, -0.05) is 23.7 Å². The van der Waals surface area contributed by atoms with Gasteiger partial charge in [-0.15, -0.1) is 0 Å². The molecule has 2 aromatic rings. The summed E-state index contributed by atoms with van der Waals surface area (Å²) in [5.74, 6) is -0.996. The molecule has 1 heterocycles. The van der Waals surface area contributed by atoms with E-state index < -0.39 is 53.1 Å². The number of hydrogen-bond acceptors (Lipinski definition) is 2. The number of nitrogens with zero attached hydrogens (tertiary/aromatic N) is 1. The van der Waals surface area contributed by atoms with Crippen LogP contribution in [0.25, 0.3) is 0 Å². The number of likely N-dealkylation sites (tertiary alicyclic amines) is 1. The molecule has 34 heavy (non-hydrogen) atoms. The summed E-state index contributed by atoms with van der Waals surface area (Å²) in [5, 5.41) is 11.8. The lowest BCUT2D eigenvalue weighted by Gasteiger charge is -2.40. The zero-order valence-electron chi connectivity index (χ0n) is 17.4. The standard InChI is InChI=1S/C22H19ClF6N2O3/c23-16-3-1-12(2-4-16)7-18-11-17(30-20(33)34)5-6-31(18)19(32)13-8-14(21(24,25)26)10-15(9-13)22(27,28)29/h1-4,8-10,17-18,30H,5-7,11H2,(H,33,34)/t17-,18+/m0/s1. The molecule has 2 amide bonds. The first-order valence-corrected chi connectivity index (χ1v) is 10.5. The van der Waals surface area contributed by atoms with Gasteiger partial charge in [0.1, 0.15) is 0 Å². The molecule has 0 radical (unpaired) electrons. The third-order valence-electron chi connectivity index (χ3n) is 5.52. The van der Waals surface area contributed by atoms with Crippen molar-refractivity contribution in [3.8, 4) is 0 Å². The van der Waals surface area contributed by atoms with Crippen LogP contribution in [0.1, 0.15) is 39.9 Å². The number of rotatable bonds is 4. The first-order valence-electron chi connectivity index (χ1n) is 10.1.